The molecule has 0 saturated carbocycles. The second kappa shape index (κ2) is 5.97. The summed E-state index contributed by atoms with van der Waals surface area (Å²) in [6.45, 7) is 4.94. The Kier molecular flexibility index (Phi) is 4.50. The van der Waals surface area contributed by atoms with Crippen LogP contribution in [0, 0.1) is 10.1 Å². The van der Waals surface area contributed by atoms with Crippen molar-refractivity contribution < 1.29 is 9.66 Å². The summed E-state index contributed by atoms with van der Waals surface area (Å²) in [4.78, 5) is 10.2. The van der Waals surface area contributed by atoms with Crippen LogP contribution >= 0.6 is 11.6 Å². The predicted molar refractivity (Wildman–Crippen MR) is 79.4 cm³/mol. The smallest absolute Gasteiger partial charge is 0.271 e. The highest BCUT2D eigenvalue weighted by atomic mass is 35.5. The van der Waals surface area contributed by atoms with Gasteiger partial charge in [-0.05, 0) is 32.3 Å². The zero-order valence-corrected chi connectivity index (χ0v) is 12.4. The number of halogens is 1. The average Bonchev–Trinajstić information content (AvgIpc) is 2.41. The van der Waals surface area contributed by atoms with Gasteiger partial charge in [-0.1, -0.05) is 18.5 Å². The molecular weight excluding hydrogens is 280 g/mol. The number of nitro groups is 1. The highest BCUT2D eigenvalue weighted by Crippen LogP contribution is 2.32. The van der Waals surface area contributed by atoms with Crippen molar-refractivity contribution in [3.8, 4) is 0 Å². The van der Waals surface area contributed by atoms with Gasteiger partial charge in [-0.25, -0.2) is 0 Å². The largest absolute Gasteiger partial charge is 0.381 e. The number of nitro benzene ring substituents is 1. The second-order valence-electron chi connectivity index (χ2n) is 5.41. The van der Waals surface area contributed by atoms with E-state index in [1.807, 2.05) is 0 Å². The number of benzene rings is 1. The number of ether oxygens (including phenoxy) is 1. The number of non-ortho nitro benzene ring substituents is 1. The molecule has 2 rings (SSSR count). The Labute approximate surface area is 123 Å². The highest BCUT2D eigenvalue weighted by molar-refractivity contribution is 6.33. The first-order valence-electron chi connectivity index (χ1n) is 6.78. The van der Waals surface area contributed by atoms with Crippen molar-refractivity contribution in [2.45, 2.75) is 44.8 Å². The summed E-state index contributed by atoms with van der Waals surface area (Å²) >= 11 is 6.10. The van der Waals surface area contributed by atoms with Crippen molar-refractivity contribution in [2.24, 2.45) is 0 Å². The van der Waals surface area contributed by atoms with Gasteiger partial charge in [-0.3, -0.25) is 10.1 Å². The van der Waals surface area contributed by atoms with E-state index >= 15 is 0 Å². The highest BCUT2D eigenvalue weighted by Gasteiger charge is 2.31. The monoisotopic (exact) mass is 298 g/mol. The van der Waals surface area contributed by atoms with Crippen LogP contribution in [0.15, 0.2) is 18.2 Å². The normalized spacial score (nSPS) is 26.2. The molecule has 2 unspecified atom stereocenters. The Morgan fingerprint density at radius 1 is 1.60 bits per heavy atom. The van der Waals surface area contributed by atoms with Gasteiger partial charge in [0.25, 0.3) is 5.69 Å². The van der Waals surface area contributed by atoms with Crippen LogP contribution in [0.3, 0.4) is 0 Å². The van der Waals surface area contributed by atoms with Crippen molar-refractivity contribution in [1.82, 2.24) is 0 Å². The van der Waals surface area contributed by atoms with Crippen LogP contribution in [-0.2, 0) is 4.74 Å². The van der Waals surface area contributed by atoms with Crippen molar-refractivity contribution in [2.75, 3.05) is 11.9 Å². The fourth-order valence-corrected chi connectivity index (χ4v) is 2.68. The third-order valence-electron chi connectivity index (χ3n) is 3.87. The van der Waals surface area contributed by atoms with Crippen molar-refractivity contribution >= 4 is 23.0 Å². The van der Waals surface area contributed by atoms with Crippen LogP contribution in [0.4, 0.5) is 11.4 Å². The minimum absolute atomic E-state index is 0.00549. The molecule has 0 aliphatic carbocycles. The number of anilines is 1. The SMILES string of the molecule is CCC1(C)CC(Nc2ccc([N+](=O)[O-])cc2Cl)CCO1. The molecule has 0 spiro atoms. The standard InChI is InChI=1S/C14H19ClN2O3/c1-3-14(2)9-10(6-7-20-14)16-13-5-4-11(17(18)19)8-12(13)15/h4-5,8,10,16H,3,6-7,9H2,1-2H3. The molecule has 0 bridgehead atoms. The molecule has 0 aromatic heterocycles. The molecule has 1 N–H and O–H groups in total. The van der Waals surface area contributed by atoms with Crippen molar-refractivity contribution in [1.29, 1.82) is 0 Å². The van der Waals surface area contributed by atoms with Gasteiger partial charge in [0.05, 0.1) is 21.2 Å². The van der Waals surface area contributed by atoms with Crippen LogP contribution in [0.5, 0.6) is 0 Å². The lowest BCUT2D eigenvalue weighted by molar-refractivity contribution is -0.384. The van der Waals surface area contributed by atoms with E-state index in [4.69, 9.17) is 16.3 Å². The molecule has 20 heavy (non-hydrogen) atoms. The second-order valence-corrected chi connectivity index (χ2v) is 5.81. The fraction of sp³-hybridized carbons (Fsp3) is 0.571. The number of nitrogens with one attached hydrogen (secondary N) is 1. The Hall–Kier alpha value is -1.33. The van der Waals surface area contributed by atoms with Crippen LogP contribution in [0.2, 0.25) is 5.02 Å². The molecule has 1 aliphatic heterocycles. The predicted octanol–water partition coefficient (Wildman–Crippen LogP) is 4.01. The summed E-state index contributed by atoms with van der Waals surface area (Å²) in [6.07, 6.45) is 2.76. The van der Waals surface area contributed by atoms with E-state index in [1.54, 1.807) is 6.07 Å². The quantitative estimate of drug-likeness (QED) is 0.674. The lowest BCUT2D eigenvalue weighted by atomic mass is 9.90. The van der Waals surface area contributed by atoms with E-state index in [0.717, 1.165) is 24.9 Å². The van der Waals surface area contributed by atoms with Gasteiger partial charge in [-0.2, -0.15) is 0 Å². The first-order valence-corrected chi connectivity index (χ1v) is 7.16. The summed E-state index contributed by atoms with van der Waals surface area (Å²) in [7, 11) is 0. The molecule has 1 fully saturated rings. The molecule has 1 heterocycles. The van der Waals surface area contributed by atoms with E-state index in [-0.39, 0.29) is 17.3 Å². The summed E-state index contributed by atoms with van der Waals surface area (Å²) in [5.41, 5.74) is 0.636. The van der Waals surface area contributed by atoms with Crippen LogP contribution in [0.1, 0.15) is 33.1 Å². The maximum Gasteiger partial charge on any atom is 0.271 e. The van der Waals surface area contributed by atoms with E-state index < -0.39 is 4.92 Å². The van der Waals surface area contributed by atoms with Crippen LogP contribution < -0.4 is 5.32 Å². The third kappa shape index (κ3) is 3.41. The maximum absolute atomic E-state index is 10.7. The molecule has 0 radical (unpaired) electrons. The average molecular weight is 299 g/mol. The lowest BCUT2D eigenvalue weighted by Gasteiger charge is -2.38. The zero-order chi connectivity index (χ0) is 14.8. The minimum Gasteiger partial charge on any atom is -0.381 e. The zero-order valence-electron chi connectivity index (χ0n) is 11.7. The number of hydrogen-bond acceptors (Lipinski definition) is 4. The molecule has 0 amide bonds. The maximum atomic E-state index is 10.7. The Bertz CT molecular complexity index is 509. The summed E-state index contributed by atoms with van der Waals surface area (Å²) in [5, 5.41) is 14.4. The Balaban J connectivity index is 2.08. The van der Waals surface area contributed by atoms with E-state index in [0.29, 0.717) is 11.6 Å². The fourth-order valence-electron chi connectivity index (χ4n) is 2.45. The minimum atomic E-state index is -0.446. The topological polar surface area (TPSA) is 64.4 Å². The molecule has 1 aliphatic rings. The number of rotatable bonds is 4. The molecule has 1 aromatic rings. The Morgan fingerprint density at radius 3 is 2.95 bits per heavy atom. The van der Waals surface area contributed by atoms with E-state index in [2.05, 4.69) is 19.2 Å². The molecule has 1 aromatic carbocycles. The van der Waals surface area contributed by atoms with Gasteiger partial charge in [0, 0.05) is 24.8 Å². The Morgan fingerprint density at radius 2 is 2.35 bits per heavy atom. The van der Waals surface area contributed by atoms with Gasteiger partial charge >= 0.3 is 0 Å². The van der Waals surface area contributed by atoms with Gasteiger partial charge in [0.1, 0.15) is 0 Å². The molecule has 1 saturated heterocycles. The molecule has 110 valence electrons. The van der Waals surface area contributed by atoms with Gasteiger partial charge < -0.3 is 10.1 Å². The molecular formula is C14H19ClN2O3. The van der Waals surface area contributed by atoms with E-state index in [9.17, 15) is 10.1 Å². The number of nitrogens with zero attached hydrogens (tertiary/aromatic N) is 1. The van der Waals surface area contributed by atoms with Gasteiger partial charge in [0.2, 0.25) is 0 Å². The third-order valence-corrected chi connectivity index (χ3v) is 4.18. The van der Waals surface area contributed by atoms with Crippen LogP contribution in [0.25, 0.3) is 0 Å². The van der Waals surface area contributed by atoms with Crippen molar-refractivity contribution in [3.05, 3.63) is 33.3 Å². The van der Waals surface area contributed by atoms with Gasteiger partial charge in [0.15, 0.2) is 0 Å². The summed E-state index contributed by atoms with van der Waals surface area (Å²) in [5.74, 6) is 0. The summed E-state index contributed by atoms with van der Waals surface area (Å²) in [6, 6.07) is 4.78. The first-order chi connectivity index (χ1) is 9.43. The molecule has 5 nitrogen and oxygen atoms in total. The summed E-state index contributed by atoms with van der Waals surface area (Å²) < 4.78 is 5.80. The number of hydrogen-bond donors (Lipinski definition) is 1. The van der Waals surface area contributed by atoms with Gasteiger partial charge in [-0.15, -0.1) is 0 Å². The first kappa shape index (κ1) is 15.1. The van der Waals surface area contributed by atoms with E-state index in [1.165, 1.54) is 12.1 Å². The lowest BCUT2D eigenvalue weighted by Crippen LogP contribution is -2.41. The van der Waals surface area contributed by atoms with Crippen molar-refractivity contribution in [3.63, 3.8) is 0 Å². The molecule has 2 atom stereocenters. The molecule has 6 heteroatoms. The van der Waals surface area contributed by atoms with Crippen LogP contribution in [-0.4, -0.2) is 23.2 Å².